The molecule has 0 unspecified atom stereocenters. The highest BCUT2D eigenvalue weighted by atomic mass is 35.5. The van der Waals surface area contributed by atoms with Crippen LogP contribution in [0.5, 0.6) is 0 Å². The van der Waals surface area contributed by atoms with Crippen LogP contribution in [0.1, 0.15) is 12.8 Å². The fraction of sp³-hybridized carbons (Fsp3) is 0.412. The van der Waals surface area contributed by atoms with Crippen molar-refractivity contribution in [3.05, 3.63) is 41.7 Å². The van der Waals surface area contributed by atoms with Gasteiger partial charge < -0.3 is 15.0 Å². The summed E-state index contributed by atoms with van der Waals surface area (Å²) in [5, 5.41) is 7.62. The maximum absolute atomic E-state index is 12.5. The van der Waals surface area contributed by atoms with E-state index in [0.29, 0.717) is 23.2 Å². The lowest BCUT2D eigenvalue weighted by molar-refractivity contribution is 0.104. The number of amides is 2. The number of urea groups is 1. The average Bonchev–Trinajstić information content (AvgIpc) is 3.10. The Morgan fingerprint density at radius 1 is 1.50 bits per heavy atom. The van der Waals surface area contributed by atoms with Gasteiger partial charge in [0.2, 0.25) is 0 Å². The highest BCUT2D eigenvalue weighted by Gasteiger charge is 2.23. The molecule has 0 spiro atoms. The Kier molecular flexibility index (Phi) is 5.37. The van der Waals surface area contributed by atoms with E-state index >= 15 is 0 Å². The predicted octanol–water partition coefficient (Wildman–Crippen LogP) is 3.42. The molecule has 24 heavy (non-hydrogen) atoms. The van der Waals surface area contributed by atoms with Crippen LogP contribution in [0.3, 0.4) is 0 Å². The van der Waals surface area contributed by atoms with Crippen molar-refractivity contribution in [2.24, 2.45) is 5.92 Å². The molecule has 1 aromatic carbocycles. The number of aromatic nitrogens is 2. The number of rotatable bonds is 4. The Morgan fingerprint density at radius 3 is 3.08 bits per heavy atom. The predicted molar refractivity (Wildman–Crippen MR) is 93.8 cm³/mol. The number of nitrogens with zero attached hydrogens (tertiary/aromatic N) is 3. The van der Waals surface area contributed by atoms with Crippen molar-refractivity contribution in [3.63, 3.8) is 0 Å². The second-order valence-corrected chi connectivity index (χ2v) is 6.36. The van der Waals surface area contributed by atoms with Crippen molar-refractivity contribution in [2.45, 2.75) is 12.8 Å². The molecule has 128 valence electrons. The van der Waals surface area contributed by atoms with Gasteiger partial charge in [0.05, 0.1) is 17.3 Å². The summed E-state index contributed by atoms with van der Waals surface area (Å²) in [6, 6.07) is 7.15. The number of nitrogens with one attached hydrogen (secondary N) is 1. The summed E-state index contributed by atoms with van der Waals surface area (Å²) >= 11 is 6.31. The van der Waals surface area contributed by atoms with Crippen LogP contribution in [0.4, 0.5) is 10.5 Å². The van der Waals surface area contributed by atoms with Crippen molar-refractivity contribution < 1.29 is 9.53 Å². The fourth-order valence-corrected chi connectivity index (χ4v) is 3.27. The Morgan fingerprint density at radius 2 is 2.38 bits per heavy atom. The Labute approximate surface area is 146 Å². The van der Waals surface area contributed by atoms with E-state index in [2.05, 4.69) is 10.4 Å². The number of piperidine rings is 1. The molecule has 0 aliphatic carbocycles. The molecule has 1 fully saturated rings. The number of hydrogen-bond donors (Lipinski definition) is 1. The Bertz CT molecular complexity index is 688. The summed E-state index contributed by atoms with van der Waals surface area (Å²) in [4.78, 5) is 14.3. The third-order valence-electron chi connectivity index (χ3n) is 4.16. The van der Waals surface area contributed by atoms with E-state index in [1.54, 1.807) is 24.1 Å². The van der Waals surface area contributed by atoms with Crippen LogP contribution < -0.4 is 5.32 Å². The van der Waals surface area contributed by atoms with Crippen LogP contribution in [-0.4, -0.2) is 47.5 Å². The van der Waals surface area contributed by atoms with Crippen molar-refractivity contribution in [2.75, 3.05) is 32.1 Å². The minimum atomic E-state index is -0.0984. The molecule has 2 amide bonds. The molecule has 2 heterocycles. The average molecular weight is 349 g/mol. The maximum Gasteiger partial charge on any atom is 0.321 e. The molecule has 2 aromatic rings. The first-order valence-electron chi connectivity index (χ1n) is 8.02. The zero-order valence-corrected chi connectivity index (χ0v) is 14.4. The number of likely N-dealkylation sites (tertiary alicyclic amines) is 1. The molecule has 0 radical (unpaired) electrons. The number of anilines is 1. The minimum Gasteiger partial charge on any atom is -0.384 e. The van der Waals surface area contributed by atoms with Gasteiger partial charge in [-0.05, 0) is 37.1 Å². The van der Waals surface area contributed by atoms with Gasteiger partial charge in [0.1, 0.15) is 0 Å². The summed E-state index contributed by atoms with van der Waals surface area (Å²) in [7, 11) is 1.70. The number of ether oxygens (including phenoxy) is 1. The summed E-state index contributed by atoms with van der Waals surface area (Å²) in [6.45, 7) is 2.18. The zero-order valence-electron chi connectivity index (χ0n) is 13.6. The van der Waals surface area contributed by atoms with Crippen LogP contribution >= 0.6 is 11.6 Å². The van der Waals surface area contributed by atoms with Gasteiger partial charge in [0.25, 0.3) is 0 Å². The molecule has 1 aliphatic heterocycles. The second-order valence-electron chi connectivity index (χ2n) is 5.96. The monoisotopic (exact) mass is 348 g/mol. The molecule has 6 nitrogen and oxygen atoms in total. The molecule has 1 N–H and O–H groups in total. The number of hydrogen-bond acceptors (Lipinski definition) is 3. The van der Waals surface area contributed by atoms with Crippen LogP contribution in [0.25, 0.3) is 5.69 Å². The molecule has 7 heteroatoms. The van der Waals surface area contributed by atoms with Crippen molar-refractivity contribution in [3.8, 4) is 5.69 Å². The van der Waals surface area contributed by atoms with Gasteiger partial charge in [-0.25, -0.2) is 9.48 Å². The first-order chi connectivity index (χ1) is 11.7. The number of halogens is 1. The molecule has 0 saturated carbocycles. The summed E-state index contributed by atoms with van der Waals surface area (Å²) in [5.41, 5.74) is 1.45. The van der Waals surface area contributed by atoms with Crippen LogP contribution in [0.15, 0.2) is 36.7 Å². The van der Waals surface area contributed by atoms with Crippen LogP contribution in [0, 0.1) is 5.92 Å². The number of carbonyl (C=O) groups is 1. The summed E-state index contributed by atoms with van der Waals surface area (Å²) < 4.78 is 6.90. The van der Waals surface area contributed by atoms with Gasteiger partial charge in [-0.15, -0.1) is 0 Å². The molecule has 1 saturated heterocycles. The number of carbonyl (C=O) groups excluding carboxylic acids is 1. The molecular formula is C17H21ClN4O2. The van der Waals surface area contributed by atoms with Gasteiger partial charge >= 0.3 is 6.03 Å². The lowest BCUT2D eigenvalue weighted by Gasteiger charge is -2.32. The van der Waals surface area contributed by atoms with Gasteiger partial charge in [0, 0.05) is 44.2 Å². The largest absolute Gasteiger partial charge is 0.384 e. The van der Waals surface area contributed by atoms with Gasteiger partial charge in [-0.2, -0.15) is 5.10 Å². The number of benzene rings is 1. The van der Waals surface area contributed by atoms with Crippen LogP contribution in [-0.2, 0) is 4.74 Å². The van der Waals surface area contributed by atoms with E-state index in [9.17, 15) is 4.79 Å². The molecule has 0 bridgehead atoms. The third kappa shape index (κ3) is 3.88. The van der Waals surface area contributed by atoms with E-state index in [1.807, 2.05) is 29.3 Å². The third-order valence-corrected chi connectivity index (χ3v) is 4.46. The van der Waals surface area contributed by atoms with Crippen LogP contribution in [0.2, 0.25) is 5.02 Å². The van der Waals surface area contributed by atoms with Crippen molar-refractivity contribution in [1.29, 1.82) is 0 Å². The quantitative estimate of drug-likeness (QED) is 0.921. The van der Waals surface area contributed by atoms with Crippen molar-refractivity contribution >= 4 is 23.3 Å². The second kappa shape index (κ2) is 7.68. The zero-order chi connectivity index (χ0) is 16.9. The van der Waals surface area contributed by atoms with Gasteiger partial charge in [0.15, 0.2) is 0 Å². The Hall–Kier alpha value is -2.05. The summed E-state index contributed by atoms with van der Waals surface area (Å²) in [5.74, 6) is 0.403. The molecule has 1 atom stereocenters. The van der Waals surface area contributed by atoms with Crippen molar-refractivity contribution in [1.82, 2.24) is 14.7 Å². The maximum atomic E-state index is 12.5. The van der Waals surface area contributed by atoms with Gasteiger partial charge in [-0.1, -0.05) is 11.6 Å². The van der Waals surface area contributed by atoms with E-state index in [-0.39, 0.29) is 6.03 Å². The molecule has 3 rings (SSSR count). The van der Waals surface area contributed by atoms with E-state index in [1.165, 1.54) is 0 Å². The first kappa shape index (κ1) is 16.8. The molecule has 1 aromatic heterocycles. The minimum absolute atomic E-state index is 0.0984. The number of methoxy groups -OCH3 is 1. The smallest absolute Gasteiger partial charge is 0.321 e. The normalized spacial score (nSPS) is 17.8. The first-order valence-corrected chi connectivity index (χ1v) is 8.39. The highest BCUT2D eigenvalue weighted by molar-refractivity contribution is 6.32. The molecular weight excluding hydrogens is 328 g/mol. The lowest BCUT2D eigenvalue weighted by atomic mass is 9.99. The molecule has 1 aliphatic rings. The summed E-state index contributed by atoms with van der Waals surface area (Å²) in [6.07, 6.45) is 5.62. The van der Waals surface area contributed by atoms with E-state index in [0.717, 1.165) is 31.6 Å². The van der Waals surface area contributed by atoms with Gasteiger partial charge in [-0.3, -0.25) is 0 Å². The Balaban J connectivity index is 1.65. The fourth-order valence-electron chi connectivity index (χ4n) is 3.01. The lowest BCUT2D eigenvalue weighted by Crippen LogP contribution is -2.43. The SMILES string of the molecule is COC[C@H]1CCCN(C(=O)Nc2ccc(-n3cccn3)c(Cl)c2)C1. The highest BCUT2D eigenvalue weighted by Crippen LogP contribution is 2.24. The van der Waals surface area contributed by atoms with E-state index in [4.69, 9.17) is 16.3 Å². The van der Waals surface area contributed by atoms with E-state index < -0.39 is 0 Å². The topological polar surface area (TPSA) is 59.4 Å². The standard InChI is InChI=1S/C17H21ClN4O2/c1-24-12-13-4-2-8-21(11-13)17(23)20-14-5-6-16(15(18)10-14)22-9-3-7-19-22/h3,5-7,9-10,13H,2,4,8,11-12H2,1H3,(H,20,23)/t13-/m0/s1.